The molecule has 2 N–H and O–H groups in total. The van der Waals surface area contributed by atoms with Gasteiger partial charge in [0, 0.05) is 37.3 Å². The van der Waals surface area contributed by atoms with Gasteiger partial charge in [-0.2, -0.15) is 4.72 Å². The van der Waals surface area contributed by atoms with E-state index in [0.717, 1.165) is 62.5 Å². The van der Waals surface area contributed by atoms with Crippen molar-refractivity contribution in [2.75, 3.05) is 32.8 Å². The van der Waals surface area contributed by atoms with Crippen LogP contribution in [0, 0.1) is 0 Å². The summed E-state index contributed by atoms with van der Waals surface area (Å²) in [5.74, 6) is -0.115. The molecule has 2 heterocycles. The summed E-state index contributed by atoms with van der Waals surface area (Å²) in [6, 6.07) is 9.65. The molecule has 0 bridgehead atoms. The number of fused-ring (bicyclic) bond motifs is 1. The molecular formula is C24H32ClN3O4S. The van der Waals surface area contributed by atoms with Gasteiger partial charge in [0.25, 0.3) is 0 Å². The molecule has 2 aromatic carbocycles. The van der Waals surface area contributed by atoms with Gasteiger partial charge in [-0.25, -0.2) is 8.42 Å². The Balaban J connectivity index is 1.39. The summed E-state index contributed by atoms with van der Waals surface area (Å²) >= 11 is 6.02. The maximum absolute atomic E-state index is 13.2. The Morgan fingerprint density at radius 3 is 2.48 bits per heavy atom. The quantitative estimate of drug-likeness (QED) is 0.552. The molecule has 0 aliphatic carbocycles. The first-order valence-electron chi connectivity index (χ1n) is 11.7. The molecule has 7 nitrogen and oxygen atoms in total. The van der Waals surface area contributed by atoms with Crippen LogP contribution in [0.25, 0.3) is 10.8 Å². The van der Waals surface area contributed by atoms with Gasteiger partial charge in [0.2, 0.25) is 15.9 Å². The Labute approximate surface area is 200 Å². The number of carbonyl (C=O) groups is 1. The number of aliphatic hydroxyl groups is 1. The van der Waals surface area contributed by atoms with Crippen molar-refractivity contribution >= 4 is 38.3 Å². The number of nitrogens with zero attached hydrogens (tertiary/aromatic N) is 2. The topological polar surface area (TPSA) is 90.0 Å². The Morgan fingerprint density at radius 1 is 1.00 bits per heavy atom. The normalized spacial score (nSPS) is 21.1. The number of rotatable bonds is 8. The molecular weight excluding hydrogens is 462 g/mol. The van der Waals surface area contributed by atoms with Crippen LogP contribution in [0.4, 0.5) is 0 Å². The fourth-order valence-corrected chi connectivity index (χ4v) is 6.33. The minimum atomic E-state index is -3.83. The molecule has 1 amide bonds. The molecule has 1 atom stereocenters. The van der Waals surface area contributed by atoms with Crippen LogP contribution in [0.15, 0.2) is 41.3 Å². The molecule has 33 heavy (non-hydrogen) atoms. The predicted molar refractivity (Wildman–Crippen MR) is 130 cm³/mol. The molecule has 0 radical (unpaired) electrons. The molecule has 0 aromatic heterocycles. The van der Waals surface area contributed by atoms with Gasteiger partial charge in [0.15, 0.2) is 0 Å². The standard InChI is InChI=1S/C24H32ClN3O4S/c25-20-7-5-19-17-22(8-6-18(19)16-20)33(31,32)26-23-4-3-12-28(24(23)30)21-9-13-27(14-10-21)11-1-2-15-29/h5-8,16-17,21,23,26,29H,1-4,9-15H2/t23-/m0/s1. The van der Waals surface area contributed by atoms with Gasteiger partial charge in [0.05, 0.1) is 4.90 Å². The second kappa shape index (κ2) is 10.7. The van der Waals surface area contributed by atoms with Crippen LogP contribution in [0.3, 0.4) is 0 Å². The van der Waals surface area contributed by atoms with Gasteiger partial charge in [-0.05, 0) is 80.1 Å². The first kappa shape index (κ1) is 24.4. The zero-order valence-corrected chi connectivity index (χ0v) is 20.3. The van der Waals surface area contributed by atoms with E-state index in [2.05, 4.69) is 9.62 Å². The van der Waals surface area contributed by atoms with Crippen molar-refractivity contribution in [1.29, 1.82) is 0 Å². The number of hydrogen-bond acceptors (Lipinski definition) is 5. The predicted octanol–water partition coefficient (Wildman–Crippen LogP) is 3.00. The number of unbranched alkanes of at least 4 members (excludes halogenated alkanes) is 1. The third-order valence-electron chi connectivity index (χ3n) is 6.73. The Bertz CT molecular complexity index is 1090. The molecule has 0 saturated carbocycles. The Hall–Kier alpha value is -1.71. The lowest BCUT2D eigenvalue weighted by Crippen LogP contribution is -2.57. The zero-order chi connectivity index (χ0) is 23.4. The summed E-state index contributed by atoms with van der Waals surface area (Å²) in [6.45, 7) is 3.74. The summed E-state index contributed by atoms with van der Waals surface area (Å²) in [5.41, 5.74) is 0. The van der Waals surface area contributed by atoms with Crippen molar-refractivity contribution in [3.8, 4) is 0 Å². The second-order valence-electron chi connectivity index (χ2n) is 9.00. The summed E-state index contributed by atoms with van der Waals surface area (Å²) in [5, 5.41) is 11.2. The average Bonchev–Trinajstić information content (AvgIpc) is 2.81. The van der Waals surface area contributed by atoms with E-state index in [-0.39, 0.29) is 23.5 Å². The van der Waals surface area contributed by atoms with Gasteiger partial charge in [0.1, 0.15) is 6.04 Å². The van der Waals surface area contributed by atoms with Crippen molar-refractivity contribution < 1.29 is 18.3 Å². The van der Waals surface area contributed by atoms with Gasteiger partial charge >= 0.3 is 0 Å². The number of likely N-dealkylation sites (tertiary alicyclic amines) is 2. The van der Waals surface area contributed by atoms with Gasteiger partial charge in [-0.1, -0.05) is 23.7 Å². The fourth-order valence-electron chi connectivity index (χ4n) is 4.89. The van der Waals surface area contributed by atoms with Crippen molar-refractivity contribution in [3.63, 3.8) is 0 Å². The second-order valence-corrected chi connectivity index (χ2v) is 11.2. The molecule has 2 aliphatic heterocycles. The SMILES string of the molecule is O=C1[C@@H](NS(=O)(=O)c2ccc3cc(Cl)ccc3c2)CCCN1C1CCN(CCCCO)CC1. The van der Waals surface area contributed by atoms with Gasteiger partial charge in [-0.3, -0.25) is 4.79 Å². The van der Waals surface area contributed by atoms with E-state index in [1.165, 1.54) is 0 Å². The van der Waals surface area contributed by atoms with Crippen LogP contribution in [0.2, 0.25) is 5.02 Å². The van der Waals surface area contributed by atoms with Crippen molar-refractivity contribution in [3.05, 3.63) is 41.4 Å². The number of piperidine rings is 2. The molecule has 180 valence electrons. The number of carbonyl (C=O) groups excluding carboxylic acids is 1. The van der Waals surface area contributed by atoms with Gasteiger partial charge < -0.3 is 14.9 Å². The summed E-state index contributed by atoms with van der Waals surface area (Å²) in [4.78, 5) is 17.6. The Morgan fingerprint density at radius 2 is 1.73 bits per heavy atom. The molecule has 2 aromatic rings. The van der Waals surface area contributed by atoms with Crippen LogP contribution in [-0.2, 0) is 14.8 Å². The highest BCUT2D eigenvalue weighted by atomic mass is 35.5. The molecule has 0 spiro atoms. The van der Waals surface area contributed by atoms with E-state index < -0.39 is 16.1 Å². The van der Waals surface area contributed by atoms with E-state index >= 15 is 0 Å². The van der Waals surface area contributed by atoms with Crippen LogP contribution in [0.5, 0.6) is 0 Å². The highest BCUT2D eigenvalue weighted by Gasteiger charge is 2.36. The van der Waals surface area contributed by atoms with Crippen molar-refractivity contribution in [2.45, 2.75) is 55.5 Å². The van der Waals surface area contributed by atoms with E-state index in [1.54, 1.807) is 36.4 Å². The number of sulfonamides is 1. The lowest BCUT2D eigenvalue weighted by atomic mass is 9.97. The maximum atomic E-state index is 13.2. The molecule has 2 aliphatic rings. The molecule has 4 rings (SSSR count). The number of hydrogen-bond donors (Lipinski definition) is 2. The smallest absolute Gasteiger partial charge is 0.241 e. The van der Waals surface area contributed by atoms with Crippen molar-refractivity contribution in [2.24, 2.45) is 0 Å². The average molecular weight is 494 g/mol. The highest BCUT2D eigenvalue weighted by Crippen LogP contribution is 2.25. The zero-order valence-electron chi connectivity index (χ0n) is 18.7. The molecule has 2 fully saturated rings. The number of benzene rings is 2. The third-order valence-corrected chi connectivity index (χ3v) is 8.44. The van der Waals surface area contributed by atoms with E-state index in [0.29, 0.717) is 18.0 Å². The van der Waals surface area contributed by atoms with E-state index in [9.17, 15) is 13.2 Å². The van der Waals surface area contributed by atoms with Crippen LogP contribution in [-0.4, -0.2) is 74.1 Å². The van der Waals surface area contributed by atoms with Gasteiger partial charge in [-0.15, -0.1) is 0 Å². The summed E-state index contributed by atoms with van der Waals surface area (Å²) < 4.78 is 28.8. The number of nitrogens with one attached hydrogen (secondary N) is 1. The third kappa shape index (κ3) is 5.87. The Kier molecular flexibility index (Phi) is 7.91. The van der Waals surface area contributed by atoms with Crippen LogP contribution < -0.4 is 4.72 Å². The maximum Gasteiger partial charge on any atom is 0.241 e. The number of halogens is 1. The lowest BCUT2D eigenvalue weighted by molar-refractivity contribution is -0.139. The first-order chi connectivity index (χ1) is 15.9. The fraction of sp³-hybridized carbons (Fsp3) is 0.542. The largest absolute Gasteiger partial charge is 0.396 e. The number of amides is 1. The monoisotopic (exact) mass is 493 g/mol. The number of aliphatic hydroxyl groups excluding tert-OH is 1. The van der Waals surface area contributed by atoms with Crippen LogP contribution in [0.1, 0.15) is 38.5 Å². The van der Waals surface area contributed by atoms with Crippen molar-refractivity contribution in [1.82, 2.24) is 14.5 Å². The minimum Gasteiger partial charge on any atom is -0.396 e. The lowest BCUT2D eigenvalue weighted by Gasteiger charge is -2.42. The minimum absolute atomic E-state index is 0.115. The molecule has 0 unspecified atom stereocenters. The summed E-state index contributed by atoms with van der Waals surface area (Å²) in [6.07, 6.45) is 4.89. The summed E-state index contributed by atoms with van der Waals surface area (Å²) in [7, 11) is -3.83. The van der Waals surface area contributed by atoms with E-state index in [1.807, 2.05) is 4.90 Å². The first-order valence-corrected chi connectivity index (χ1v) is 13.6. The molecule has 9 heteroatoms. The van der Waals surface area contributed by atoms with E-state index in [4.69, 9.17) is 16.7 Å². The highest BCUT2D eigenvalue weighted by molar-refractivity contribution is 7.89. The molecule has 2 saturated heterocycles. The van der Waals surface area contributed by atoms with Crippen LogP contribution >= 0.6 is 11.6 Å².